The zero-order chi connectivity index (χ0) is 15.1. The summed E-state index contributed by atoms with van der Waals surface area (Å²) in [5.41, 5.74) is 1.26. The smallest absolute Gasteiger partial charge is 0.276 e. The molecule has 110 valence electrons. The van der Waals surface area contributed by atoms with Gasteiger partial charge in [0.2, 0.25) is 0 Å². The molecule has 0 atom stereocenters. The Morgan fingerprint density at radius 2 is 2.19 bits per heavy atom. The van der Waals surface area contributed by atoms with E-state index in [1.54, 1.807) is 6.92 Å². The second-order valence-corrected chi connectivity index (χ2v) is 5.30. The number of nitrogens with zero attached hydrogens (tertiary/aromatic N) is 4. The van der Waals surface area contributed by atoms with E-state index in [4.69, 9.17) is 11.6 Å². The number of β-amino-alcohol motifs (C(OH)–C–C–N with tert-alkyl or cyclic N) is 1. The predicted molar refractivity (Wildman–Crippen MR) is 73.0 cm³/mol. The summed E-state index contributed by atoms with van der Waals surface area (Å²) >= 11 is 5.74. The van der Waals surface area contributed by atoms with Crippen molar-refractivity contribution in [3.63, 3.8) is 0 Å². The van der Waals surface area contributed by atoms with Crippen LogP contribution in [0.3, 0.4) is 0 Å². The first-order valence-electron chi connectivity index (χ1n) is 6.32. The quantitative estimate of drug-likeness (QED) is 0.904. The molecular weight excluding hydrogens is 299 g/mol. The molecule has 1 amide bonds. The fourth-order valence-corrected chi connectivity index (χ4v) is 2.33. The number of aromatic nitrogens is 3. The zero-order valence-corrected chi connectivity index (χ0v) is 11.9. The Kier molecular flexibility index (Phi) is 3.38. The standard InChI is InChI=1S/C13H12ClFN4O2/c1-7-12(13(21)18-5-9(20)6-18)16-17-19(7)8-2-3-11(15)10(14)4-8/h2-4,9,20H,5-6H2,1H3. The molecule has 2 heterocycles. The van der Waals surface area contributed by atoms with Gasteiger partial charge in [0.1, 0.15) is 5.82 Å². The van der Waals surface area contributed by atoms with Gasteiger partial charge in [-0.25, -0.2) is 9.07 Å². The minimum absolute atomic E-state index is 0.0267. The van der Waals surface area contributed by atoms with Crippen molar-refractivity contribution in [3.05, 3.63) is 40.4 Å². The van der Waals surface area contributed by atoms with E-state index in [-0.39, 0.29) is 16.6 Å². The van der Waals surface area contributed by atoms with Crippen molar-refractivity contribution < 1.29 is 14.3 Å². The fraction of sp³-hybridized carbons (Fsp3) is 0.308. The van der Waals surface area contributed by atoms with E-state index in [0.717, 1.165) is 0 Å². The van der Waals surface area contributed by atoms with Gasteiger partial charge in [-0.1, -0.05) is 16.8 Å². The van der Waals surface area contributed by atoms with Crippen molar-refractivity contribution >= 4 is 17.5 Å². The maximum atomic E-state index is 13.2. The van der Waals surface area contributed by atoms with Crippen LogP contribution in [0, 0.1) is 12.7 Å². The lowest BCUT2D eigenvalue weighted by molar-refractivity contribution is 0.00544. The third-order valence-corrected chi connectivity index (χ3v) is 3.68. The van der Waals surface area contributed by atoms with Gasteiger partial charge < -0.3 is 10.0 Å². The van der Waals surface area contributed by atoms with E-state index in [1.165, 1.54) is 27.8 Å². The van der Waals surface area contributed by atoms with E-state index in [9.17, 15) is 14.3 Å². The molecule has 1 aliphatic heterocycles. The van der Waals surface area contributed by atoms with Crippen LogP contribution in [0.1, 0.15) is 16.2 Å². The number of aliphatic hydroxyl groups is 1. The summed E-state index contributed by atoms with van der Waals surface area (Å²) in [5, 5.41) is 17.0. The van der Waals surface area contributed by atoms with Gasteiger partial charge in [-0.3, -0.25) is 4.79 Å². The number of amides is 1. The number of hydrogen-bond donors (Lipinski definition) is 1. The predicted octanol–water partition coefficient (Wildman–Crippen LogP) is 1.18. The third kappa shape index (κ3) is 2.38. The van der Waals surface area contributed by atoms with Gasteiger partial charge in [0.15, 0.2) is 5.69 Å². The number of carbonyl (C=O) groups excluding carboxylic acids is 1. The number of benzene rings is 1. The Bertz CT molecular complexity index is 712. The summed E-state index contributed by atoms with van der Waals surface area (Å²) in [4.78, 5) is 13.7. The van der Waals surface area contributed by atoms with Gasteiger partial charge in [0.05, 0.1) is 22.5 Å². The lowest BCUT2D eigenvalue weighted by atomic mass is 10.1. The van der Waals surface area contributed by atoms with Gasteiger partial charge in [0.25, 0.3) is 5.91 Å². The molecule has 1 aliphatic rings. The molecule has 3 rings (SSSR count). The summed E-state index contributed by atoms with van der Waals surface area (Å²) in [6.45, 7) is 2.29. The van der Waals surface area contributed by atoms with Gasteiger partial charge in [-0.15, -0.1) is 5.10 Å². The molecule has 1 N–H and O–H groups in total. The number of hydrogen-bond acceptors (Lipinski definition) is 4. The van der Waals surface area contributed by atoms with E-state index >= 15 is 0 Å². The van der Waals surface area contributed by atoms with Crippen molar-refractivity contribution in [1.29, 1.82) is 0 Å². The SMILES string of the molecule is Cc1c(C(=O)N2CC(O)C2)nnn1-c1ccc(F)c(Cl)c1. The first kappa shape index (κ1) is 14.0. The van der Waals surface area contributed by atoms with Crippen LogP contribution >= 0.6 is 11.6 Å². The highest BCUT2D eigenvalue weighted by molar-refractivity contribution is 6.30. The number of rotatable bonds is 2. The van der Waals surface area contributed by atoms with Crippen LogP contribution in [-0.2, 0) is 0 Å². The minimum Gasteiger partial charge on any atom is -0.389 e. The van der Waals surface area contributed by atoms with Crippen molar-refractivity contribution in [2.45, 2.75) is 13.0 Å². The molecule has 2 aromatic rings. The summed E-state index contributed by atoms with van der Waals surface area (Å²) in [5.74, 6) is -0.804. The molecule has 1 saturated heterocycles. The Balaban J connectivity index is 1.91. The fourth-order valence-electron chi connectivity index (χ4n) is 2.16. The van der Waals surface area contributed by atoms with Gasteiger partial charge in [-0.05, 0) is 25.1 Å². The third-order valence-electron chi connectivity index (χ3n) is 3.39. The Labute approximate surface area is 124 Å². The maximum Gasteiger partial charge on any atom is 0.276 e. The van der Waals surface area contributed by atoms with Crippen LogP contribution < -0.4 is 0 Å². The van der Waals surface area contributed by atoms with E-state index in [0.29, 0.717) is 24.5 Å². The second-order valence-electron chi connectivity index (χ2n) is 4.90. The number of halogens is 2. The van der Waals surface area contributed by atoms with E-state index in [1.807, 2.05) is 0 Å². The summed E-state index contributed by atoms with van der Waals surface area (Å²) < 4.78 is 14.6. The van der Waals surface area contributed by atoms with Gasteiger partial charge >= 0.3 is 0 Å². The average Bonchev–Trinajstić information content (AvgIpc) is 2.79. The Hall–Kier alpha value is -1.99. The van der Waals surface area contributed by atoms with Gasteiger partial charge in [0, 0.05) is 13.1 Å². The van der Waals surface area contributed by atoms with Crippen LogP contribution in [0.15, 0.2) is 18.2 Å². The molecule has 0 saturated carbocycles. The molecule has 0 bridgehead atoms. The molecule has 1 aromatic heterocycles. The van der Waals surface area contributed by atoms with Crippen molar-refractivity contribution in [2.75, 3.05) is 13.1 Å². The van der Waals surface area contributed by atoms with Gasteiger partial charge in [-0.2, -0.15) is 0 Å². The van der Waals surface area contributed by atoms with Crippen LogP contribution in [-0.4, -0.2) is 50.1 Å². The lowest BCUT2D eigenvalue weighted by Gasteiger charge is -2.35. The second kappa shape index (κ2) is 5.09. The van der Waals surface area contributed by atoms with Crippen LogP contribution in [0.2, 0.25) is 5.02 Å². The van der Waals surface area contributed by atoms with E-state index < -0.39 is 11.9 Å². The Morgan fingerprint density at radius 1 is 1.48 bits per heavy atom. The molecule has 0 radical (unpaired) electrons. The number of likely N-dealkylation sites (tertiary alicyclic amines) is 1. The molecule has 0 unspecified atom stereocenters. The monoisotopic (exact) mass is 310 g/mol. The molecule has 0 spiro atoms. The highest BCUT2D eigenvalue weighted by Gasteiger charge is 2.32. The molecular formula is C13H12ClFN4O2. The first-order valence-corrected chi connectivity index (χ1v) is 6.70. The summed E-state index contributed by atoms with van der Waals surface area (Å²) in [6.07, 6.45) is -0.472. The van der Waals surface area contributed by atoms with Crippen molar-refractivity contribution in [1.82, 2.24) is 19.9 Å². The molecule has 6 nitrogen and oxygen atoms in total. The van der Waals surface area contributed by atoms with E-state index in [2.05, 4.69) is 10.3 Å². The van der Waals surface area contributed by atoms with Crippen LogP contribution in [0.4, 0.5) is 4.39 Å². The topological polar surface area (TPSA) is 71.2 Å². The molecule has 1 aromatic carbocycles. The zero-order valence-electron chi connectivity index (χ0n) is 11.1. The van der Waals surface area contributed by atoms with Crippen molar-refractivity contribution in [3.8, 4) is 5.69 Å². The maximum absolute atomic E-state index is 13.2. The normalized spacial score (nSPS) is 15.1. The number of carbonyl (C=O) groups is 1. The Morgan fingerprint density at radius 3 is 2.81 bits per heavy atom. The lowest BCUT2D eigenvalue weighted by Crippen LogP contribution is -2.53. The largest absolute Gasteiger partial charge is 0.389 e. The van der Waals surface area contributed by atoms with Crippen LogP contribution in [0.5, 0.6) is 0 Å². The summed E-state index contributed by atoms with van der Waals surface area (Å²) in [6, 6.07) is 4.15. The highest BCUT2D eigenvalue weighted by atomic mass is 35.5. The molecule has 0 aliphatic carbocycles. The van der Waals surface area contributed by atoms with Crippen molar-refractivity contribution in [2.24, 2.45) is 0 Å². The summed E-state index contributed by atoms with van der Waals surface area (Å²) in [7, 11) is 0. The molecule has 21 heavy (non-hydrogen) atoms. The average molecular weight is 311 g/mol. The van der Waals surface area contributed by atoms with Crippen LogP contribution in [0.25, 0.3) is 5.69 Å². The minimum atomic E-state index is -0.524. The highest BCUT2D eigenvalue weighted by Crippen LogP contribution is 2.21. The number of aliphatic hydroxyl groups excluding tert-OH is 1. The molecule has 1 fully saturated rings. The molecule has 8 heteroatoms. The first-order chi connectivity index (χ1) is 9.97.